The van der Waals surface area contributed by atoms with E-state index in [1.165, 1.54) is 19.3 Å². The van der Waals surface area contributed by atoms with Crippen LogP contribution in [0.4, 0.5) is 0 Å². The zero-order valence-corrected chi connectivity index (χ0v) is 13.6. The number of aryl methyl sites for hydroxylation is 1. The van der Waals surface area contributed by atoms with Crippen LogP contribution in [-0.2, 0) is 19.5 Å². The van der Waals surface area contributed by atoms with E-state index in [1.54, 1.807) is 11.8 Å². The molecule has 2 heterocycles. The molecule has 3 rings (SSSR count). The van der Waals surface area contributed by atoms with Crippen LogP contribution in [-0.4, -0.2) is 14.8 Å². The molecule has 6 heteroatoms. The molecule has 1 aliphatic heterocycles. The van der Waals surface area contributed by atoms with E-state index >= 15 is 0 Å². The predicted molar refractivity (Wildman–Crippen MR) is 83.7 cm³/mol. The fourth-order valence-electron chi connectivity index (χ4n) is 2.40. The van der Waals surface area contributed by atoms with Crippen LogP contribution >= 0.6 is 27.7 Å². The van der Waals surface area contributed by atoms with Crippen molar-refractivity contribution in [1.82, 2.24) is 14.8 Å². The summed E-state index contributed by atoms with van der Waals surface area (Å²) in [6.07, 6.45) is 4.77. The molecule has 1 aromatic heterocycles. The first kappa shape index (κ1) is 14.1. The third kappa shape index (κ3) is 2.92. The Bertz CT molecular complexity index is 611. The molecule has 0 saturated carbocycles. The van der Waals surface area contributed by atoms with Gasteiger partial charge in [-0.25, -0.2) is 0 Å². The second-order valence-corrected chi connectivity index (χ2v) is 6.82. The summed E-state index contributed by atoms with van der Waals surface area (Å²) in [5, 5.41) is 9.67. The van der Waals surface area contributed by atoms with Gasteiger partial charge in [0.15, 0.2) is 5.16 Å². The zero-order valence-electron chi connectivity index (χ0n) is 11.2. The largest absolute Gasteiger partial charge is 0.326 e. The average molecular weight is 353 g/mol. The van der Waals surface area contributed by atoms with Crippen molar-refractivity contribution in [3.05, 3.63) is 34.1 Å². The Morgan fingerprint density at radius 3 is 2.95 bits per heavy atom. The molecule has 20 heavy (non-hydrogen) atoms. The van der Waals surface area contributed by atoms with Crippen molar-refractivity contribution in [1.29, 1.82) is 0 Å². The lowest BCUT2D eigenvalue weighted by molar-refractivity contribution is 0.591. The highest BCUT2D eigenvalue weighted by molar-refractivity contribution is 9.10. The molecule has 0 saturated heterocycles. The molecule has 0 bridgehead atoms. The van der Waals surface area contributed by atoms with Crippen molar-refractivity contribution in [3.8, 4) is 0 Å². The maximum absolute atomic E-state index is 5.68. The van der Waals surface area contributed by atoms with Crippen LogP contribution in [0.2, 0.25) is 0 Å². The van der Waals surface area contributed by atoms with E-state index in [4.69, 9.17) is 5.73 Å². The summed E-state index contributed by atoms with van der Waals surface area (Å²) >= 11 is 5.23. The summed E-state index contributed by atoms with van der Waals surface area (Å²) in [4.78, 5) is 1.16. The Balaban J connectivity index is 1.84. The molecular formula is C14H17BrN4S. The summed E-state index contributed by atoms with van der Waals surface area (Å²) in [6.45, 7) is 1.58. The summed E-state index contributed by atoms with van der Waals surface area (Å²) in [5.74, 6) is 1.13. The van der Waals surface area contributed by atoms with Gasteiger partial charge in [-0.3, -0.25) is 0 Å². The van der Waals surface area contributed by atoms with Gasteiger partial charge < -0.3 is 10.3 Å². The molecule has 0 aliphatic carbocycles. The number of nitrogens with two attached hydrogens (primary N) is 1. The number of fused-ring (bicyclic) bond motifs is 1. The molecule has 1 aromatic carbocycles. The number of aromatic nitrogens is 3. The average Bonchev–Trinajstić information content (AvgIpc) is 2.68. The first-order chi connectivity index (χ1) is 9.78. The molecule has 1 aliphatic rings. The Hall–Kier alpha value is -0.850. The monoisotopic (exact) mass is 352 g/mol. The van der Waals surface area contributed by atoms with Crippen molar-refractivity contribution in [2.24, 2.45) is 5.73 Å². The molecule has 0 unspecified atom stereocenters. The van der Waals surface area contributed by atoms with Crippen LogP contribution < -0.4 is 5.73 Å². The van der Waals surface area contributed by atoms with Crippen molar-refractivity contribution < 1.29 is 0 Å². The second kappa shape index (κ2) is 6.28. The quantitative estimate of drug-likeness (QED) is 0.919. The molecule has 2 aromatic rings. The summed E-state index contributed by atoms with van der Waals surface area (Å²) < 4.78 is 3.32. The van der Waals surface area contributed by atoms with Crippen LogP contribution in [0.15, 0.2) is 32.7 Å². The first-order valence-corrected chi connectivity index (χ1v) is 8.47. The van der Waals surface area contributed by atoms with Gasteiger partial charge >= 0.3 is 0 Å². The summed E-state index contributed by atoms with van der Waals surface area (Å²) in [6, 6.07) is 6.26. The third-order valence-corrected chi connectivity index (χ3v) is 5.24. The predicted octanol–water partition coefficient (Wildman–Crippen LogP) is 3.38. The maximum atomic E-state index is 5.68. The van der Waals surface area contributed by atoms with Gasteiger partial charge in [-0.15, -0.1) is 10.2 Å². The van der Waals surface area contributed by atoms with Crippen molar-refractivity contribution >= 4 is 27.7 Å². The van der Waals surface area contributed by atoms with Crippen molar-refractivity contribution in [2.75, 3.05) is 0 Å². The van der Waals surface area contributed by atoms with E-state index in [0.29, 0.717) is 6.54 Å². The topological polar surface area (TPSA) is 56.7 Å². The standard InChI is InChI=1S/C14H17BrN4S/c15-12-8-11(6-5-10(12)9-16)20-14-18-17-13-4-2-1-3-7-19(13)14/h5-6,8H,1-4,7,9,16H2. The molecule has 4 nitrogen and oxygen atoms in total. The van der Waals surface area contributed by atoms with Crippen molar-refractivity contribution in [3.63, 3.8) is 0 Å². The fourth-order valence-corrected chi connectivity index (χ4v) is 4.00. The van der Waals surface area contributed by atoms with Crippen molar-refractivity contribution in [2.45, 2.75) is 48.8 Å². The Kier molecular flexibility index (Phi) is 4.43. The number of halogens is 1. The number of benzene rings is 1. The number of hydrogen-bond acceptors (Lipinski definition) is 4. The summed E-state index contributed by atoms with van der Waals surface area (Å²) in [5.41, 5.74) is 6.80. The molecule has 0 amide bonds. The third-order valence-electron chi connectivity index (χ3n) is 3.53. The summed E-state index contributed by atoms with van der Waals surface area (Å²) in [7, 11) is 0. The van der Waals surface area contributed by atoms with Gasteiger partial charge in [0.2, 0.25) is 0 Å². The van der Waals surface area contributed by atoms with E-state index in [1.807, 2.05) is 0 Å². The van der Waals surface area contributed by atoms with E-state index < -0.39 is 0 Å². The molecule has 0 spiro atoms. The second-order valence-electron chi connectivity index (χ2n) is 4.92. The highest BCUT2D eigenvalue weighted by Crippen LogP contribution is 2.31. The van der Waals surface area contributed by atoms with Gasteiger partial charge in [-0.05, 0) is 42.3 Å². The minimum Gasteiger partial charge on any atom is -0.326 e. The Morgan fingerprint density at radius 2 is 2.15 bits per heavy atom. The highest BCUT2D eigenvalue weighted by Gasteiger charge is 2.15. The van der Waals surface area contributed by atoms with Gasteiger partial charge in [0.25, 0.3) is 0 Å². The highest BCUT2D eigenvalue weighted by atomic mass is 79.9. The van der Waals surface area contributed by atoms with Gasteiger partial charge in [-0.2, -0.15) is 0 Å². The molecule has 2 N–H and O–H groups in total. The van der Waals surface area contributed by atoms with E-state index in [-0.39, 0.29) is 0 Å². The lowest BCUT2D eigenvalue weighted by atomic mass is 10.2. The molecular weight excluding hydrogens is 336 g/mol. The minimum absolute atomic E-state index is 0.547. The van der Waals surface area contributed by atoms with Gasteiger partial charge in [0.05, 0.1) is 0 Å². The van der Waals surface area contributed by atoms with Crippen LogP contribution in [0.5, 0.6) is 0 Å². The Morgan fingerprint density at radius 1 is 1.25 bits per heavy atom. The smallest absolute Gasteiger partial charge is 0.196 e. The van der Waals surface area contributed by atoms with Crippen LogP contribution in [0.3, 0.4) is 0 Å². The molecule has 106 valence electrons. The van der Waals surface area contributed by atoms with E-state index in [0.717, 1.165) is 38.9 Å². The zero-order chi connectivity index (χ0) is 13.9. The number of nitrogens with zero attached hydrogens (tertiary/aromatic N) is 3. The maximum Gasteiger partial charge on any atom is 0.196 e. The van der Waals surface area contributed by atoms with Crippen LogP contribution in [0.1, 0.15) is 30.7 Å². The lowest BCUT2D eigenvalue weighted by Gasteiger charge is -2.07. The van der Waals surface area contributed by atoms with E-state index in [2.05, 4.69) is 48.9 Å². The van der Waals surface area contributed by atoms with Gasteiger partial charge in [0.1, 0.15) is 5.82 Å². The number of hydrogen-bond donors (Lipinski definition) is 1. The Labute approximate surface area is 131 Å². The normalized spacial score (nSPS) is 14.9. The minimum atomic E-state index is 0.547. The lowest BCUT2D eigenvalue weighted by Crippen LogP contribution is -2.02. The molecule has 0 atom stereocenters. The van der Waals surface area contributed by atoms with Crippen LogP contribution in [0.25, 0.3) is 0 Å². The SMILES string of the molecule is NCc1ccc(Sc2nnc3n2CCCCC3)cc1Br. The fraction of sp³-hybridized carbons (Fsp3) is 0.429. The molecule has 0 radical (unpaired) electrons. The van der Waals surface area contributed by atoms with Gasteiger partial charge in [0, 0.05) is 28.9 Å². The van der Waals surface area contributed by atoms with E-state index in [9.17, 15) is 0 Å². The molecule has 0 fully saturated rings. The van der Waals surface area contributed by atoms with Gasteiger partial charge in [-0.1, -0.05) is 28.4 Å². The van der Waals surface area contributed by atoms with Crippen LogP contribution in [0, 0.1) is 0 Å². The number of rotatable bonds is 3. The first-order valence-electron chi connectivity index (χ1n) is 6.86.